The lowest BCUT2D eigenvalue weighted by Gasteiger charge is -2.58. The fourth-order valence-electron chi connectivity index (χ4n) is 8.95. The van der Waals surface area contributed by atoms with Crippen molar-refractivity contribution in [1.82, 2.24) is 4.90 Å². The molecule has 5 unspecified atom stereocenters. The SMILES string of the molecule is COc1ccc(C(C)OC(=O)C2=CC(C(=O)Oc3ccccc3)C3(C(=O)N4[C@@H](C(O)(OCc5ccccc5)c5ccccc5)C(C)(C)S[C@@H]43)C2C(=O)c2ccc(Br)cc2)cc1. The average molecular weight is 903 g/mol. The number of esters is 2. The van der Waals surface area contributed by atoms with Crippen LogP contribution in [0.5, 0.6) is 11.5 Å². The van der Waals surface area contributed by atoms with Crippen molar-refractivity contribution in [2.75, 3.05) is 7.11 Å². The van der Waals surface area contributed by atoms with E-state index in [0.717, 1.165) is 10.0 Å². The van der Waals surface area contributed by atoms with E-state index in [1.807, 2.05) is 50.2 Å². The van der Waals surface area contributed by atoms with Crippen LogP contribution >= 0.6 is 27.7 Å². The quantitative estimate of drug-likeness (QED) is 0.0403. The van der Waals surface area contributed by atoms with Crippen molar-refractivity contribution < 1.29 is 43.2 Å². The molecular formula is C49H44BrNO9S. The van der Waals surface area contributed by atoms with Gasteiger partial charge in [0.1, 0.15) is 29.1 Å². The maximum absolute atomic E-state index is 15.7. The number of para-hydroxylation sites is 1. The van der Waals surface area contributed by atoms with E-state index in [0.29, 0.717) is 16.9 Å². The standard InChI is InChI=1S/C49H44BrNO9S/c1-30(32-22-26-36(57-4)27-23-32)59-42(53)38-28-39(43(54)60-37-18-12-7-13-19-37)48(40(38)41(52)33-20-24-35(50)25-21-33)45(55)51-44(47(2,3)61-46(48)51)49(56,34-16-10-6-11-17-34)58-29-31-14-8-5-9-15-31/h5-28,30,39-40,44,46,56H,29H2,1-4H3/t30?,39?,40?,44-,46-,48?,49?/m1/s1. The van der Waals surface area contributed by atoms with Gasteiger partial charge >= 0.3 is 11.9 Å². The summed E-state index contributed by atoms with van der Waals surface area (Å²) in [6.45, 7) is 5.52. The van der Waals surface area contributed by atoms with Gasteiger partial charge in [0.25, 0.3) is 0 Å². The van der Waals surface area contributed by atoms with Gasteiger partial charge in [-0.1, -0.05) is 125 Å². The summed E-state index contributed by atoms with van der Waals surface area (Å²) >= 11 is 4.79. The first-order valence-electron chi connectivity index (χ1n) is 19.9. The van der Waals surface area contributed by atoms with Gasteiger partial charge in [-0.25, -0.2) is 4.79 Å². The van der Waals surface area contributed by atoms with Crippen molar-refractivity contribution >= 4 is 51.3 Å². The molecule has 8 rings (SSSR count). The number of rotatable bonds is 13. The lowest BCUT2D eigenvalue weighted by molar-refractivity contribution is -0.271. The fourth-order valence-corrected chi connectivity index (χ4v) is 11.1. The first kappa shape index (κ1) is 42.2. The molecule has 312 valence electrons. The molecule has 1 aliphatic carbocycles. The summed E-state index contributed by atoms with van der Waals surface area (Å²) < 4.78 is 23.6. The number of amides is 1. The summed E-state index contributed by atoms with van der Waals surface area (Å²) in [6.07, 6.45) is 0.607. The normalized spacial score (nSPS) is 23.9. The third-order valence-corrected chi connectivity index (χ3v) is 14.0. The molecule has 7 atom stereocenters. The highest BCUT2D eigenvalue weighted by atomic mass is 79.9. The number of aliphatic hydroxyl groups is 1. The van der Waals surface area contributed by atoms with E-state index in [1.54, 1.807) is 117 Å². The second-order valence-corrected chi connectivity index (χ2v) is 18.6. The Morgan fingerprint density at radius 1 is 0.836 bits per heavy atom. The molecule has 5 aromatic carbocycles. The minimum Gasteiger partial charge on any atom is -0.497 e. The molecule has 12 heteroatoms. The highest BCUT2D eigenvalue weighted by molar-refractivity contribution is 9.10. The number of nitrogens with zero attached hydrogens (tertiary/aromatic N) is 1. The summed E-state index contributed by atoms with van der Waals surface area (Å²) in [5, 5.41) is 12.1. The number of carbonyl (C=O) groups excluding carboxylic acids is 4. The van der Waals surface area contributed by atoms with E-state index in [-0.39, 0.29) is 23.5 Å². The molecular weight excluding hydrogens is 859 g/mol. The van der Waals surface area contributed by atoms with Gasteiger partial charge in [-0.15, -0.1) is 11.8 Å². The lowest BCUT2D eigenvalue weighted by Crippen LogP contribution is -2.76. The van der Waals surface area contributed by atoms with E-state index < -0.39 is 68.9 Å². The zero-order valence-corrected chi connectivity index (χ0v) is 36.3. The summed E-state index contributed by atoms with van der Waals surface area (Å²) in [4.78, 5) is 61.8. The Labute approximate surface area is 367 Å². The Kier molecular flexibility index (Phi) is 11.6. The van der Waals surface area contributed by atoms with E-state index in [2.05, 4.69) is 15.9 Å². The number of ether oxygens (including phenoxy) is 4. The largest absolute Gasteiger partial charge is 0.497 e. The van der Waals surface area contributed by atoms with Gasteiger partial charge in [-0.05, 0) is 68.3 Å². The van der Waals surface area contributed by atoms with Crippen molar-refractivity contribution in [3.05, 3.63) is 178 Å². The summed E-state index contributed by atoms with van der Waals surface area (Å²) in [5.74, 6) is -6.94. The maximum Gasteiger partial charge on any atom is 0.335 e. The molecule has 0 bridgehead atoms. The third-order valence-electron chi connectivity index (χ3n) is 11.8. The number of carbonyl (C=O) groups is 4. The Hall–Kier alpha value is -5.53. The van der Waals surface area contributed by atoms with E-state index in [1.165, 1.54) is 22.7 Å². The van der Waals surface area contributed by atoms with E-state index in [4.69, 9.17) is 18.9 Å². The Morgan fingerprint density at radius 3 is 2.07 bits per heavy atom. The molecule has 2 fully saturated rings. The molecule has 0 aromatic heterocycles. The van der Waals surface area contributed by atoms with Crippen LogP contribution in [0.4, 0.5) is 0 Å². The second-order valence-electron chi connectivity index (χ2n) is 15.9. The molecule has 2 aliphatic heterocycles. The van der Waals surface area contributed by atoms with Crippen LogP contribution in [0.25, 0.3) is 0 Å². The number of Topliss-reactive ketones (excluding diaryl/α,β-unsaturated/α-hetero) is 1. The number of methoxy groups -OCH3 is 1. The van der Waals surface area contributed by atoms with Crippen molar-refractivity contribution in [3.8, 4) is 11.5 Å². The number of thioether (sulfide) groups is 1. The van der Waals surface area contributed by atoms with Crippen LogP contribution < -0.4 is 9.47 Å². The first-order valence-corrected chi connectivity index (χ1v) is 21.6. The van der Waals surface area contributed by atoms with E-state index >= 15 is 9.59 Å². The van der Waals surface area contributed by atoms with Crippen molar-refractivity contribution in [2.45, 2.75) is 55.4 Å². The topological polar surface area (TPSA) is 129 Å². The molecule has 3 aliphatic rings. The predicted octanol–water partition coefficient (Wildman–Crippen LogP) is 8.83. The van der Waals surface area contributed by atoms with Crippen LogP contribution in [0.15, 0.2) is 156 Å². The fraction of sp³-hybridized carbons (Fsp3) is 0.265. The number of ketones is 1. The molecule has 2 heterocycles. The van der Waals surface area contributed by atoms with Gasteiger partial charge in [0, 0.05) is 25.9 Å². The summed E-state index contributed by atoms with van der Waals surface area (Å²) in [6, 6.07) is 39.3. The molecule has 61 heavy (non-hydrogen) atoms. The Balaban J connectivity index is 1.25. The Bertz CT molecular complexity index is 2470. The number of fused-ring (bicyclic) bond motifs is 2. The van der Waals surface area contributed by atoms with Crippen LogP contribution in [0.2, 0.25) is 0 Å². The van der Waals surface area contributed by atoms with Crippen LogP contribution in [-0.4, -0.2) is 56.9 Å². The molecule has 0 saturated carbocycles. The van der Waals surface area contributed by atoms with Crippen molar-refractivity contribution in [1.29, 1.82) is 0 Å². The summed E-state index contributed by atoms with van der Waals surface area (Å²) in [7, 11) is 1.55. The van der Waals surface area contributed by atoms with Gasteiger partial charge in [-0.3, -0.25) is 14.4 Å². The molecule has 2 saturated heterocycles. The molecule has 1 spiro atoms. The number of hydrogen-bond donors (Lipinski definition) is 1. The zero-order chi connectivity index (χ0) is 43.1. The zero-order valence-electron chi connectivity index (χ0n) is 33.9. The maximum atomic E-state index is 15.7. The number of benzene rings is 5. The first-order chi connectivity index (χ1) is 29.3. The minimum absolute atomic E-state index is 0.0158. The van der Waals surface area contributed by atoms with Crippen LogP contribution in [0.3, 0.4) is 0 Å². The van der Waals surface area contributed by atoms with Crippen LogP contribution in [0, 0.1) is 17.3 Å². The number of halogens is 1. The van der Waals surface area contributed by atoms with Gasteiger partial charge in [0.15, 0.2) is 5.78 Å². The number of hydrogen-bond acceptors (Lipinski definition) is 10. The van der Waals surface area contributed by atoms with Crippen LogP contribution in [-0.2, 0) is 36.3 Å². The van der Waals surface area contributed by atoms with Gasteiger partial charge in [0.05, 0.1) is 30.9 Å². The van der Waals surface area contributed by atoms with Gasteiger partial charge in [0.2, 0.25) is 11.7 Å². The smallest absolute Gasteiger partial charge is 0.335 e. The third kappa shape index (κ3) is 7.49. The summed E-state index contributed by atoms with van der Waals surface area (Å²) in [5.41, 5.74) is 0.111. The minimum atomic E-state index is -2.06. The lowest BCUT2D eigenvalue weighted by atomic mass is 9.60. The monoisotopic (exact) mass is 901 g/mol. The highest BCUT2D eigenvalue weighted by Gasteiger charge is 2.81. The van der Waals surface area contributed by atoms with Crippen LogP contribution in [0.1, 0.15) is 53.9 Å². The highest BCUT2D eigenvalue weighted by Crippen LogP contribution is 2.70. The van der Waals surface area contributed by atoms with Crippen molar-refractivity contribution in [2.24, 2.45) is 17.3 Å². The molecule has 1 N–H and O–H groups in total. The average Bonchev–Trinajstić information content (AvgIpc) is 3.79. The van der Waals surface area contributed by atoms with E-state index in [9.17, 15) is 14.7 Å². The van der Waals surface area contributed by atoms with Gasteiger partial charge < -0.3 is 29.0 Å². The second kappa shape index (κ2) is 16.7. The molecule has 1 amide bonds. The van der Waals surface area contributed by atoms with Crippen molar-refractivity contribution in [3.63, 3.8) is 0 Å². The number of β-lactam (4-membered cyclic amide) rings is 1. The predicted molar refractivity (Wildman–Crippen MR) is 233 cm³/mol. The molecule has 5 aromatic rings. The van der Waals surface area contributed by atoms with Gasteiger partial charge in [-0.2, -0.15) is 0 Å². The molecule has 0 radical (unpaired) electrons. The Morgan fingerprint density at radius 2 is 1.44 bits per heavy atom. The molecule has 10 nitrogen and oxygen atoms in total.